The molecule has 1 aromatic rings. The van der Waals surface area contributed by atoms with Crippen LogP contribution in [0.1, 0.15) is 38.5 Å². The Morgan fingerprint density at radius 3 is 2.54 bits per heavy atom. The number of nitrogens with zero attached hydrogens (tertiary/aromatic N) is 3. The van der Waals surface area contributed by atoms with Crippen molar-refractivity contribution >= 4 is 11.4 Å². The average Bonchev–Trinajstić information content (AvgIpc) is 2.90. The second-order valence-electron chi connectivity index (χ2n) is 6.81. The van der Waals surface area contributed by atoms with Crippen molar-refractivity contribution in [3.05, 3.63) is 28.3 Å². The van der Waals surface area contributed by atoms with Crippen molar-refractivity contribution in [3.8, 4) is 5.75 Å². The molecule has 2 heterocycles. The number of methoxy groups -OCH3 is 1. The number of hydrogen-bond acceptors (Lipinski definition) is 5. The second-order valence-corrected chi connectivity index (χ2v) is 6.81. The molecule has 0 amide bonds. The number of piperidine rings is 1. The maximum Gasteiger partial charge on any atom is 0.311 e. The maximum atomic E-state index is 11.1. The van der Waals surface area contributed by atoms with Crippen molar-refractivity contribution in [1.29, 1.82) is 0 Å². The minimum Gasteiger partial charge on any atom is -0.490 e. The highest BCUT2D eigenvalue weighted by molar-refractivity contribution is 5.59. The van der Waals surface area contributed by atoms with Gasteiger partial charge in [0.05, 0.1) is 12.0 Å². The van der Waals surface area contributed by atoms with Crippen LogP contribution in [0.25, 0.3) is 0 Å². The first-order chi connectivity index (χ1) is 11.7. The number of rotatable bonds is 4. The van der Waals surface area contributed by atoms with Crippen LogP contribution in [-0.4, -0.2) is 49.2 Å². The largest absolute Gasteiger partial charge is 0.490 e. The average molecular weight is 333 g/mol. The van der Waals surface area contributed by atoms with Crippen molar-refractivity contribution in [2.45, 2.75) is 44.6 Å². The summed E-state index contributed by atoms with van der Waals surface area (Å²) in [4.78, 5) is 15.7. The van der Waals surface area contributed by atoms with Crippen molar-refractivity contribution in [1.82, 2.24) is 4.90 Å². The number of ether oxygens (including phenoxy) is 1. The number of nitro groups is 1. The third kappa shape index (κ3) is 3.80. The van der Waals surface area contributed by atoms with Crippen LogP contribution in [0.5, 0.6) is 5.75 Å². The number of likely N-dealkylation sites (tertiary alicyclic amines) is 1. The first-order valence-electron chi connectivity index (χ1n) is 9.00. The van der Waals surface area contributed by atoms with E-state index < -0.39 is 4.92 Å². The molecule has 0 spiro atoms. The van der Waals surface area contributed by atoms with Crippen LogP contribution < -0.4 is 9.64 Å². The zero-order valence-corrected chi connectivity index (χ0v) is 14.4. The van der Waals surface area contributed by atoms with Gasteiger partial charge in [-0.05, 0) is 44.8 Å². The Morgan fingerprint density at radius 2 is 1.88 bits per heavy atom. The smallest absolute Gasteiger partial charge is 0.311 e. The molecule has 0 radical (unpaired) electrons. The number of benzene rings is 1. The molecule has 132 valence electrons. The Bertz CT molecular complexity index is 571. The van der Waals surface area contributed by atoms with Crippen LogP contribution in [0.15, 0.2) is 18.2 Å². The molecule has 6 nitrogen and oxygen atoms in total. The lowest BCUT2D eigenvalue weighted by Crippen LogP contribution is -2.48. The molecular weight excluding hydrogens is 306 g/mol. The summed E-state index contributed by atoms with van der Waals surface area (Å²) in [5.74, 6) is 0.342. The van der Waals surface area contributed by atoms with Crippen molar-refractivity contribution in [2.24, 2.45) is 0 Å². The fourth-order valence-electron chi connectivity index (χ4n) is 3.96. The lowest BCUT2D eigenvalue weighted by atomic mass is 10.0. The molecule has 0 N–H and O–H groups in total. The zero-order valence-electron chi connectivity index (χ0n) is 14.4. The molecular formula is C18H27N3O3. The fraction of sp³-hybridized carbons (Fsp3) is 0.667. The summed E-state index contributed by atoms with van der Waals surface area (Å²) in [6.07, 6.45) is 7.74. The summed E-state index contributed by atoms with van der Waals surface area (Å²) >= 11 is 0. The predicted molar refractivity (Wildman–Crippen MR) is 94.9 cm³/mol. The molecule has 0 aromatic heterocycles. The fourth-order valence-corrected chi connectivity index (χ4v) is 3.96. The SMILES string of the molecule is COc1cc(N2CCCC(N3CCCCCC3)C2)ccc1[N+](=O)[O-]. The van der Waals surface area contributed by atoms with Crippen LogP contribution in [0.2, 0.25) is 0 Å². The van der Waals surface area contributed by atoms with E-state index in [9.17, 15) is 10.1 Å². The Hall–Kier alpha value is -1.82. The molecule has 1 atom stereocenters. The molecule has 0 bridgehead atoms. The van der Waals surface area contributed by atoms with E-state index in [0.717, 1.165) is 18.8 Å². The van der Waals surface area contributed by atoms with E-state index in [1.807, 2.05) is 12.1 Å². The molecule has 2 saturated heterocycles. The van der Waals surface area contributed by atoms with Crippen LogP contribution in [0.4, 0.5) is 11.4 Å². The van der Waals surface area contributed by atoms with Gasteiger partial charge in [0.1, 0.15) is 0 Å². The van der Waals surface area contributed by atoms with E-state index in [1.54, 1.807) is 6.07 Å². The summed E-state index contributed by atoms with van der Waals surface area (Å²) < 4.78 is 5.22. The van der Waals surface area contributed by atoms with E-state index in [-0.39, 0.29) is 5.69 Å². The van der Waals surface area contributed by atoms with Gasteiger partial charge in [0, 0.05) is 37.0 Å². The number of hydrogen-bond donors (Lipinski definition) is 0. The van der Waals surface area contributed by atoms with Crippen LogP contribution in [-0.2, 0) is 0 Å². The molecule has 1 unspecified atom stereocenters. The highest BCUT2D eigenvalue weighted by Crippen LogP contribution is 2.33. The minimum absolute atomic E-state index is 0.0299. The van der Waals surface area contributed by atoms with Gasteiger partial charge in [0.2, 0.25) is 0 Å². The zero-order chi connectivity index (χ0) is 16.9. The highest BCUT2D eigenvalue weighted by Gasteiger charge is 2.27. The van der Waals surface area contributed by atoms with Gasteiger partial charge < -0.3 is 9.64 Å². The van der Waals surface area contributed by atoms with E-state index >= 15 is 0 Å². The number of anilines is 1. The van der Waals surface area contributed by atoms with Gasteiger partial charge in [0.25, 0.3) is 0 Å². The second kappa shape index (κ2) is 7.83. The van der Waals surface area contributed by atoms with Crippen molar-refractivity contribution in [3.63, 3.8) is 0 Å². The van der Waals surface area contributed by atoms with Crippen LogP contribution in [0, 0.1) is 10.1 Å². The molecule has 0 aliphatic carbocycles. The van der Waals surface area contributed by atoms with Gasteiger partial charge in [-0.15, -0.1) is 0 Å². The maximum absolute atomic E-state index is 11.1. The lowest BCUT2D eigenvalue weighted by molar-refractivity contribution is -0.385. The van der Waals surface area contributed by atoms with E-state index in [1.165, 1.54) is 58.7 Å². The van der Waals surface area contributed by atoms with Gasteiger partial charge in [-0.25, -0.2) is 0 Å². The van der Waals surface area contributed by atoms with Gasteiger partial charge in [0.15, 0.2) is 5.75 Å². The molecule has 0 saturated carbocycles. The monoisotopic (exact) mass is 333 g/mol. The van der Waals surface area contributed by atoms with Gasteiger partial charge in [-0.2, -0.15) is 0 Å². The molecule has 1 aromatic carbocycles. The summed E-state index contributed by atoms with van der Waals surface area (Å²) in [6.45, 7) is 4.43. The first kappa shape index (κ1) is 17.0. The van der Waals surface area contributed by atoms with Gasteiger partial charge in [-0.1, -0.05) is 12.8 Å². The van der Waals surface area contributed by atoms with Crippen molar-refractivity contribution in [2.75, 3.05) is 38.2 Å². The van der Waals surface area contributed by atoms with Crippen LogP contribution >= 0.6 is 0 Å². The molecule has 6 heteroatoms. The third-order valence-electron chi connectivity index (χ3n) is 5.28. The topological polar surface area (TPSA) is 58.8 Å². The Morgan fingerprint density at radius 1 is 1.12 bits per heavy atom. The summed E-state index contributed by atoms with van der Waals surface area (Å²) in [5.41, 5.74) is 1.05. The predicted octanol–water partition coefficient (Wildman–Crippen LogP) is 3.45. The summed E-state index contributed by atoms with van der Waals surface area (Å²) in [5, 5.41) is 11.1. The molecule has 24 heavy (non-hydrogen) atoms. The van der Waals surface area contributed by atoms with Gasteiger partial charge in [-0.3, -0.25) is 15.0 Å². The van der Waals surface area contributed by atoms with Crippen molar-refractivity contribution < 1.29 is 9.66 Å². The Balaban J connectivity index is 1.73. The Kier molecular flexibility index (Phi) is 5.56. The lowest BCUT2D eigenvalue weighted by Gasteiger charge is -2.40. The normalized spacial score (nSPS) is 22.9. The van der Waals surface area contributed by atoms with E-state index in [4.69, 9.17) is 4.74 Å². The quantitative estimate of drug-likeness (QED) is 0.624. The standard InChI is InChI=1S/C18H27N3O3/c1-24-18-13-15(8-9-17(18)21(22)23)20-12-6-7-16(14-20)19-10-4-2-3-5-11-19/h8-9,13,16H,2-7,10-12,14H2,1H3. The third-order valence-corrected chi connectivity index (χ3v) is 5.28. The van der Waals surface area contributed by atoms with Gasteiger partial charge >= 0.3 is 5.69 Å². The highest BCUT2D eigenvalue weighted by atomic mass is 16.6. The summed E-state index contributed by atoms with van der Waals surface area (Å²) in [7, 11) is 1.49. The first-order valence-corrected chi connectivity index (χ1v) is 9.00. The summed E-state index contributed by atoms with van der Waals surface area (Å²) in [6, 6.07) is 5.82. The van der Waals surface area contributed by atoms with Crippen LogP contribution in [0.3, 0.4) is 0 Å². The minimum atomic E-state index is -0.390. The Labute approximate surface area is 143 Å². The van der Waals surface area contributed by atoms with E-state index in [0.29, 0.717) is 11.8 Å². The molecule has 2 aliphatic rings. The molecule has 2 fully saturated rings. The molecule has 2 aliphatic heterocycles. The molecule has 3 rings (SSSR count). The number of nitro benzene ring substituents is 1. The van der Waals surface area contributed by atoms with E-state index in [2.05, 4.69) is 9.80 Å².